The molecule has 5 rings (SSSR count). The Labute approximate surface area is 243 Å². The minimum absolute atomic E-state index is 0.161. The highest BCUT2D eigenvalue weighted by Crippen LogP contribution is 2.47. The molecule has 3 aromatic rings. The fourth-order valence-corrected chi connectivity index (χ4v) is 6.49. The summed E-state index contributed by atoms with van der Waals surface area (Å²) >= 11 is 13.0. The van der Waals surface area contributed by atoms with Gasteiger partial charge in [0.1, 0.15) is 0 Å². The smallest absolute Gasteiger partial charge is 0.255 e. The summed E-state index contributed by atoms with van der Waals surface area (Å²) in [5.74, 6) is -1.60. The van der Waals surface area contributed by atoms with Gasteiger partial charge >= 0.3 is 0 Å². The summed E-state index contributed by atoms with van der Waals surface area (Å²) in [6, 6.07) is 20.4. The van der Waals surface area contributed by atoms with Crippen molar-refractivity contribution in [2.45, 2.75) is 63.3 Å². The number of amides is 3. The SMILES string of the molecule is CC(=O)NC1CCCCC1N1C(=O)c2ccccc2C(C(=O)NOCc2ccccc2)C1c1ccc(Cl)cc1Cl. The van der Waals surface area contributed by atoms with Gasteiger partial charge < -0.3 is 10.2 Å². The molecule has 0 radical (unpaired) electrons. The molecule has 40 heavy (non-hydrogen) atoms. The molecule has 4 atom stereocenters. The lowest BCUT2D eigenvalue weighted by Crippen LogP contribution is -2.59. The average molecular weight is 581 g/mol. The predicted molar refractivity (Wildman–Crippen MR) is 154 cm³/mol. The van der Waals surface area contributed by atoms with Crippen LogP contribution in [0.15, 0.2) is 72.8 Å². The van der Waals surface area contributed by atoms with Gasteiger partial charge in [-0.15, -0.1) is 0 Å². The Morgan fingerprint density at radius 3 is 2.42 bits per heavy atom. The van der Waals surface area contributed by atoms with Crippen LogP contribution < -0.4 is 10.8 Å². The number of fused-ring (bicyclic) bond motifs is 1. The third-order valence-electron chi connectivity index (χ3n) is 7.67. The molecule has 1 aliphatic heterocycles. The predicted octanol–water partition coefficient (Wildman–Crippen LogP) is 5.97. The molecular formula is C31H31Cl2N3O4. The first kappa shape index (κ1) is 28.1. The summed E-state index contributed by atoms with van der Waals surface area (Å²) in [5, 5.41) is 3.85. The molecule has 0 saturated heterocycles. The van der Waals surface area contributed by atoms with E-state index in [2.05, 4.69) is 10.8 Å². The number of carbonyl (C=O) groups excluding carboxylic acids is 3. The molecule has 3 amide bonds. The van der Waals surface area contributed by atoms with Gasteiger partial charge in [0.2, 0.25) is 5.91 Å². The lowest BCUT2D eigenvalue weighted by Gasteiger charge is -2.49. The summed E-state index contributed by atoms with van der Waals surface area (Å²) in [4.78, 5) is 47.8. The van der Waals surface area contributed by atoms with Crippen LogP contribution in [0.1, 0.15) is 71.6 Å². The van der Waals surface area contributed by atoms with E-state index in [1.165, 1.54) is 6.92 Å². The van der Waals surface area contributed by atoms with Crippen molar-refractivity contribution in [2.24, 2.45) is 0 Å². The molecule has 0 bridgehead atoms. The standard InChI is InChI=1S/C31H31Cl2N3O4/c1-19(37)34-26-13-7-8-14-27(26)36-29(24-16-15-21(32)17-25(24)33)28(22-11-5-6-12-23(22)31(36)39)30(38)35-40-18-20-9-3-2-4-10-20/h2-6,9-12,15-17,26-29H,7-8,13-14,18H2,1H3,(H,34,37)(H,35,38). The van der Waals surface area contributed by atoms with Crippen LogP contribution in [0.3, 0.4) is 0 Å². The Morgan fingerprint density at radius 1 is 0.950 bits per heavy atom. The van der Waals surface area contributed by atoms with Gasteiger partial charge in [0.25, 0.3) is 11.8 Å². The summed E-state index contributed by atoms with van der Waals surface area (Å²) in [6.45, 7) is 1.66. The van der Waals surface area contributed by atoms with Gasteiger partial charge in [-0.1, -0.05) is 90.6 Å². The van der Waals surface area contributed by atoms with E-state index in [0.29, 0.717) is 33.2 Å². The first-order chi connectivity index (χ1) is 19.3. The molecule has 4 unspecified atom stereocenters. The van der Waals surface area contributed by atoms with E-state index in [-0.39, 0.29) is 30.5 Å². The van der Waals surface area contributed by atoms with E-state index in [0.717, 1.165) is 24.8 Å². The van der Waals surface area contributed by atoms with Gasteiger partial charge in [0, 0.05) is 28.6 Å². The lowest BCUT2D eigenvalue weighted by molar-refractivity contribution is -0.138. The van der Waals surface area contributed by atoms with Crippen LogP contribution in [-0.2, 0) is 21.0 Å². The van der Waals surface area contributed by atoms with Gasteiger partial charge in [-0.05, 0) is 47.7 Å². The van der Waals surface area contributed by atoms with E-state index in [1.807, 2.05) is 36.4 Å². The molecule has 1 fully saturated rings. The minimum Gasteiger partial charge on any atom is -0.352 e. The van der Waals surface area contributed by atoms with Crippen molar-refractivity contribution in [3.05, 3.63) is 105 Å². The largest absolute Gasteiger partial charge is 0.352 e. The normalized spacial score (nSPS) is 22.4. The van der Waals surface area contributed by atoms with Crippen LogP contribution in [0.4, 0.5) is 0 Å². The van der Waals surface area contributed by atoms with Crippen molar-refractivity contribution in [1.82, 2.24) is 15.7 Å². The van der Waals surface area contributed by atoms with Crippen molar-refractivity contribution in [3.8, 4) is 0 Å². The molecular weight excluding hydrogens is 549 g/mol. The number of carbonyl (C=O) groups is 3. The van der Waals surface area contributed by atoms with Gasteiger partial charge in [0.05, 0.1) is 24.6 Å². The Bertz CT molecular complexity index is 1400. The molecule has 3 aromatic carbocycles. The maximum absolute atomic E-state index is 14.3. The first-order valence-corrected chi connectivity index (χ1v) is 14.2. The van der Waals surface area contributed by atoms with Crippen molar-refractivity contribution >= 4 is 40.9 Å². The Kier molecular flexibility index (Phi) is 8.74. The molecule has 1 saturated carbocycles. The fraction of sp³-hybridized carbons (Fsp3) is 0.323. The number of nitrogens with zero attached hydrogens (tertiary/aromatic N) is 1. The molecule has 2 N–H and O–H groups in total. The summed E-state index contributed by atoms with van der Waals surface area (Å²) in [5.41, 5.74) is 5.18. The Hall–Kier alpha value is -3.39. The van der Waals surface area contributed by atoms with Crippen LogP contribution in [0, 0.1) is 0 Å². The van der Waals surface area contributed by atoms with Crippen molar-refractivity contribution in [1.29, 1.82) is 0 Å². The monoisotopic (exact) mass is 579 g/mol. The van der Waals surface area contributed by atoms with E-state index in [1.54, 1.807) is 41.3 Å². The van der Waals surface area contributed by atoms with Gasteiger partial charge in [-0.3, -0.25) is 19.2 Å². The number of nitrogens with one attached hydrogen (secondary N) is 2. The first-order valence-electron chi connectivity index (χ1n) is 13.4. The highest BCUT2D eigenvalue weighted by atomic mass is 35.5. The number of hydroxylamine groups is 1. The molecule has 208 valence electrons. The maximum atomic E-state index is 14.3. The molecule has 7 nitrogen and oxygen atoms in total. The second-order valence-corrected chi connectivity index (χ2v) is 11.1. The van der Waals surface area contributed by atoms with Crippen LogP contribution >= 0.6 is 23.2 Å². The highest BCUT2D eigenvalue weighted by molar-refractivity contribution is 6.35. The molecule has 0 aromatic heterocycles. The van der Waals surface area contributed by atoms with Crippen LogP contribution in [0.5, 0.6) is 0 Å². The van der Waals surface area contributed by atoms with Crippen LogP contribution in [0.2, 0.25) is 10.0 Å². The van der Waals surface area contributed by atoms with Crippen molar-refractivity contribution < 1.29 is 19.2 Å². The van der Waals surface area contributed by atoms with E-state index in [4.69, 9.17) is 28.0 Å². The van der Waals surface area contributed by atoms with Gasteiger partial charge in [-0.2, -0.15) is 0 Å². The van der Waals surface area contributed by atoms with Gasteiger partial charge in [-0.25, -0.2) is 5.48 Å². The molecule has 1 aliphatic carbocycles. The summed E-state index contributed by atoms with van der Waals surface area (Å²) in [7, 11) is 0. The molecule has 1 heterocycles. The second-order valence-electron chi connectivity index (χ2n) is 10.3. The topological polar surface area (TPSA) is 87.7 Å². The Morgan fingerprint density at radius 2 is 1.68 bits per heavy atom. The lowest BCUT2D eigenvalue weighted by atomic mass is 9.76. The number of hydrogen-bond donors (Lipinski definition) is 2. The minimum atomic E-state index is -0.830. The summed E-state index contributed by atoms with van der Waals surface area (Å²) in [6.07, 6.45) is 3.24. The van der Waals surface area contributed by atoms with Gasteiger partial charge in [0.15, 0.2) is 0 Å². The third kappa shape index (κ3) is 5.87. The fourth-order valence-electron chi connectivity index (χ4n) is 5.97. The maximum Gasteiger partial charge on any atom is 0.255 e. The zero-order valence-electron chi connectivity index (χ0n) is 22.1. The van der Waals surface area contributed by atoms with Crippen molar-refractivity contribution in [3.63, 3.8) is 0 Å². The second kappa shape index (κ2) is 12.4. The van der Waals surface area contributed by atoms with Crippen LogP contribution in [-0.4, -0.2) is 34.7 Å². The van der Waals surface area contributed by atoms with Crippen molar-refractivity contribution in [2.75, 3.05) is 0 Å². The summed E-state index contributed by atoms with van der Waals surface area (Å²) < 4.78 is 0. The highest BCUT2D eigenvalue weighted by Gasteiger charge is 2.49. The third-order valence-corrected chi connectivity index (χ3v) is 8.23. The number of rotatable bonds is 7. The van der Waals surface area contributed by atoms with Crippen LogP contribution in [0.25, 0.3) is 0 Å². The van der Waals surface area contributed by atoms with E-state index >= 15 is 0 Å². The molecule has 2 aliphatic rings. The number of halogens is 2. The van der Waals surface area contributed by atoms with E-state index < -0.39 is 17.9 Å². The zero-order valence-corrected chi connectivity index (χ0v) is 23.6. The number of hydrogen-bond acceptors (Lipinski definition) is 4. The molecule has 9 heteroatoms. The number of benzene rings is 3. The zero-order chi connectivity index (χ0) is 28.2. The van der Waals surface area contributed by atoms with E-state index in [9.17, 15) is 14.4 Å². The quantitative estimate of drug-likeness (QED) is 0.337. The Balaban J connectivity index is 1.59. The average Bonchev–Trinajstić information content (AvgIpc) is 2.94. The molecule has 0 spiro atoms.